The molecule has 15 heterocycles. The molecule has 5 fully saturated rings. The van der Waals surface area contributed by atoms with Gasteiger partial charge in [0.25, 0.3) is 0 Å². The first kappa shape index (κ1) is 102. The molecular formula is C69H86Cl7N23O23S2. The Bertz CT molecular complexity index is 5400. The summed E-state index contributed by atoms with van der Waals surface area (Å²) in [5, 5.41) is 40.2. The average molecular weight is 1920 g/mol. The highest BCUT2D eigenvalue weighted by Gasteiger charge is 2.52. The summed E-state index contributed by atoms with van der Waals surface area (Å²) >= 11 is 49.9. The van der Waals surface area contributed by atoms with Crippen molar-refractivity contribution in [3.8, 4) is 0 Å². The van der Waals surface area contributed by atoms with Crippen LogP contribution < -0.4 is 17.2 Å². The van der Waals surface area contributed by atoms with Gasteiger partial charge in [-0.3, -0.25) is 51.8 Å². The van der Waals surface area contributed by atoms with Crippen LogP contribution in [0.25, 0.3) is 55.8 Å². The lowest BCUT2D eigenvalue weighted by Gasteiger charge is -2.23. The molecule has 0 aliphatic carbocycles. The number of thiocarbonyl (C=S) groups is 1. The van der Waals surface area contributed by atoms with E-state index in [4.69, 9.17) is 150 Å². The maximum absolute atomic E-state index is 11.5. The molecule has 0 aromatic carbocycles. The molecule has 5 unspecified atom stereocenters. The van der Waals surface area contributed by atoms with Gasteiger partial charge in [-0.1, -0.05) is 42.8 Å². The van der Waals surface area contributed by atoms with E-state index in [0.717, 1.165) is 0 Å². The molecule has 5 aliphatic heterocycles. The number of esters is 7. The van der Waals surface area contributed by atoms with Gasteiger partial charge in [0.15, 0.2) is 98.1 Å². The smallest absolute Gasteiger partial charge is 0.305 e. The second-order valence-corrected chi connectivity index (χ2v) is 29.8. The van der Waals surface area contributed by atoms with Crippen molar-refractivity contribution >= 4 is 208 Å². The quantitative estimate of drug-likeness (QED) is 0.0239. The van der Waals surface area contributed by atoms with Crippen molar-refractivity contribution in [2.45, 2.75) is 227 Å². The third kappa shape index (κ3) is 25.0. The minimum atomic E-state index is -1.06. The number of H-pyrrole nitrogens is 2. The monoisotopic (exact) mass is 1910 g/mol. The maximum atomic E-state index is 11.5. The molecule has 124 heavy (non-hydrogen) atoms. The van der Waals surface area contributed by atoms with Gasteiger partial charge in [0.1, 0.15) is 57.6 Å². The summed E-state index contributed by atoms with van der Waals surface area (Å²) < 4.78 is 70.7. The van der Waals surface area contributed by atoms with Crippen molar-refractivity contribution in [3.63, 3.8) is 0 Å². The molecule has 0 spiro atoms. The molecule has 10 aromatic rings. The number of rotatable bonds is 11. The van der Waals surface area contributed by atoms with Gasteiger partial charge in [-0.15, -0.1) is 0 Å². The Labute approximate surface area is 748 Å². The highest BCUT2D eigenvalue weighted by molar-refractivity contribution is 7.80. The summed E-state index contributed by atoms with van der Waals surface area (Å²) in [7, 11) is 1.50. The number of halogens is 7. The number of aliphatic hydroxyl groups excluding tert-OH is 4. The van der Waals surface area contributed by atoms with E-state index in [2.05, 4.69) is 109 Å². The fourth-order valence-corrected chi connectivity index (χ4v) is 14.3. The van der Waals surface area contributed by atoms with Gasteiger partial charge in [0.2, 0.25) is 38.8 Å². The van der Waals surface area contributed by atoms with Crippen LogP contribution in [0.4, 0.5) is 0 Å². The van der Waals surface area contributed by atoms with Crippen LogP contribution in [0.5, 0.6) is 0 Å². The standard InChI is InChI=1S/C15H17ClN4O5.C14H14Cl2N4O5.C11H13ClN4O3.C11H16O7.C10H11ClN4O3S.C5H2Cl2N4.CH4N2S.CH5N.CH4/c1-6-10-13(19-15(16)18-6)20(5-17-10)14-12(25-9(4)22)11(7(2)23-14)24-8(3)21;1-5-9(24-6(2)21)10(25-7(3)22)13(23-5)20-4-17-8-11(15)18-14(16)19-12(8)20;1-4-6-9(15-11(12)14-4)16(3-13-6)10-8(18)7(17)5(2)19-10;1-5-9(16-6(2)12)10(17-7(3)13)11(15-5)18-8(4)14;1-3-5(16)6(17)9(18-3)15-2-12-4-7(15)13-10(11)14-8(4)19;6-3-2-4(9-1-8-2)11-5(7)10-3;2-1(3)4;1-2;/h5,7,11-12,14H,1-4H3;4-5,9-10,13H,1-3H3;3,5,7-8,10,17-18H,1-2H3;5,9-11H,1-4H3;2-3,5-6,9,16-17H,1H3,(H,13,14,19);1H,(H,8,9,10,11);(H4,2,3,4);2H2,1H3;1H4/t7-,11-,12-,14?;5-,9-,10-,13?;5-,7-,8-,10?;5-,9-,10-,11?;3-,5-,6-,9?;;;;/m11111..../s1. The summed E-state index contributed by atoms with van der Waals surface area (Å²) in [5.41, 5.74) is 19.7. The lowest BCUT2D eigenvalue weighted by molar-refractivity contribution is -0.194. The lowest BCUT2D eigenvalue weighted by Crippen LogP contribution is -2.40. The number of carbonyl (C=O) groups is 7. The van der Waals surface area contributed by atoms with E-state index in [-0.39, 0.29) is 53.9 Å². The number of aromatic nitrogens is 20. The van der Waals surface area contributed by atoms with E-state index in [0.29, 0.717) is 67.2 Å². The van der Waals surface area contributed by atoms with Crippen molar-refractivity contribution in [1.82, 2.24) is 98.0 Å². The van der Waals surface area contributed by atoms with E-state index >= 15 is 0 Å². The molecule has 676 valence electrons. The van der Waals surface area contributed by atoms with Crippen LogP contribution in [0, 0.1) is 18.5 Å². The Hall–Kier alpha value is -9.42. The number of nitrogens with one attached hydrogen (secondary N) is 2. The summed E-state index contributed by atoms with van der Waals surface area (Å²) in [6.07, 6.45) is -8.25. The number of nitrogens with two attached hydrogens (primary N) is 3. The molecular weight excluding hydrogens is 1830 g/mol. The first-order chi connectivity index (χ1) is 57.8. The van der Waals surface area contributed by atoms with Crippen molar-refractivity contribution in [1.29, 1.82) is 0 Å². The van der Waals surface area contributed by atoms with Gasteiger partial charge in [-0.25, -0.2) is 49.8 Å². The lowest BCUT2D eigenvalue weighted by atomic mass is 10.1. The summed E-state index contributed by atoms with van der Waals surface area (Å²) in [4.78, 5) is 141. The zero-order valence-electron chi connectivity index (χ0n) is 67.2. The Morgan fingerprint density at radius 2 is 0.750 bits per heavy atom. The fraction of sp³-hybridized carbons (Fsp3) is 0.522. The zero-order valence-corrected chi connectivity index (χ0v) is 74.1. The Morgan fingerprint density at radius 1 is 0.419 bits per heavy atom. The van der Waals surface area contributed by atoms with Crippen LogP contribution in [0.3, 0.4) is 0 Å². The summed E-state index contributed by atoms with van der Waals surface area (Å²) in [6, 6.07) is 0. The predicted molar refractivity (Wildman–Crippen MR) is 445 cm³/mol. The number of imidazole rings is 5. The van der Waals surface area contributed by atoms with E-state index in [1.807, 2.05) is 0 Å². The van der Waals surface area contributed by atoms with Gasteiger partial charge >= 0.3 is 41.8 Å². The maximum Gasteiger partial charge on any atom is 0.305 e. The minimum absolute atomic E-state index is 0. The van der Waals surface area contributed by atoms with E-state index in [9.17, 15) is 54.0 Å². The second-order valence-electron chi connectivity index (χ2n) is 26.5. The first-order valence-electron chi connectivity index (χ1n) is 36.1. The average Bonchev–Trinajstić information content (AvgIpc) is 1.63. The molecule has 46 nitrogen and oxygen atoms in total. The Balaban J connectivity index is 0.000000204. The van der Waals surface area contributed by atoms with Gasteiger partial charge in [-0.2, -0.15) is 19.9 Å². The number of fused-ring (bicyclic) bond motifs is 5. The van der Waals surface area contributed by atoms with E-state index < -0.39 is 165 Å². The van der Waals surface area contributed by atoms with E-state index in [1.165, 1.54) is 91.7 Å². The second kappa shape index (κ2) is 44.6. The first-order valence-corrected chi connectivity index (χ1v) is 39.6. The number of ether oxygens (including phenoxy) is 12. The Morgan fingerprint density at radius 3 is 1.17 bits per heavy atom. The minimum Gasteiger partial charge on any atom is -0.456 e. The molecule has 0 radical (unpaired) electrons. The number of hydrogen-bond donors (Lipinski definition) is 9. The van der Waals surface area contributed by atoms with Gasteiger partial charge in [0, 0.05) is 48.5 Å². The molecule has 0 saturated carbocycles. The van der Waals surface area contributed by atoms with Crippen molar-refractivity contribution in [2.75, 3.05) is 7.05 Å². The molecule has 0 amide bonds. The summed E-state index contributed by atoms with van der Waals surface area (Å²) in [6.45, 7) is 20.7. The van der Waals surface area contributed by atoms with Gasteiger partial charge in [-0.05, 0) is 126 Å². The van der Waals surface area contributed by atoms with Crippen LogP contribution in [-0.4, -0.2) is 270 Å². The molecule has 0 bridgehead atoms. The van der Waals surface area contributed by atoms with Crippen LogP contribution in [0.1, 0.15) is 127 Å². The fourth-order valence-electron chi connectivity index (χ4n) is 12.6. The number of hydrogen-bond acceptors (Lipinski definition) is 40. The van der Waals surface area contributed by atoms with Crippen LogP contribution in [0.2, 0.25) is 36.7 Å². The highest BCUT2D eigenvalue weighted by Crippen LogP contribution is 2.40. The summed E-state index contributed by atoms with van der Waals surface area (Å²) in [5.74, 6) is -3.74. The van der Waals surface area contributed by atoms with Crippen molar-refractivity contribution in [3.05, 3.63) is 84.4 Å². The molecule has 55 heteroatoms. The van der Waals surface area contributed by atoms with Crippen LogP contribution in [-0.2, 0) is 90.4 Å². The highest BCUT2D eigenvalue weighted by atomic mass is 35.5. The number of carbonyl (C=O) groups excluding carboxylic acids is 7. The third-order valence-corrected chi connectivity index (χ3v) is 19.2. The molecule has 15 rings (SSSR count). The van der Waals surface area contributed by atoms with Crippen molar-refractivity contribution < 1.29 is 111 Å². The number of aryl methyl sites for hydroxylation is 2. The molecule has 5 aliphatic rings. The van der Waals surface area contributed by atoms with Gasteiger partial charge in [0.05, 0.1) is 73.5 Å². The third-order valence-electron chi connectivity index (χ3n) is 17.5. The topological polar surface area (TPSA) is 621 Å². The van der Waals surface area contributed by atoms with Crippen LogP contribution in [0.15, 0.2) is 31.6 Å². The molecule has 20 atom stereocenters. The molecule has 5 saturated heterocycles. The number of nitrogens with zero attached hydrogens (tertiary/aromatic N) is 18. The molecule has 10 aromatic heterocycles. The van der Waals surface area contributed by atoms with E-state index in [1.54, 1.807) is 62.2 Å². The van der Waals surface area contributed by atoms with Crippen LogP contribution >= 0.6 is 106 Å². The normalized spacial score (nSPS) is 25.7. The SMILES string of the molecule is C.CC(=O)OC1O[C@H](C)[C@@H](OC(C)=O)[C@H]1OC(C)=O.CC(=O)O[C@@H]1[C@@H](C)OC(n2cnc3c(C)nc(Cl)nc32)[C@@H]1OC(C)=O.CC(=O)O[C@@H]1[C@@H](C)OC(n2cnc3c(Cl)nc(Cl)nc32)[C@@H]1OC(C)=O.CN.C[C@H]1OC(n2cnc3c(=S)nc(Cl)[nH]c32)[C@H](O)[C@@H]1O.Cc1nc(Cl)nc2c1ncn2C1O[C@H](C)[C@@H](O)[C@H]1O.Clc1nc(Cl)c2[nH]cnc2n1.NC(N)=S. The predicted octanol–water partition coefficient (Wildman–Crippen LogP) is 5.91. The number of aromatic amines is 2. The zero-order chi connectivity index (χ0) is 91.4. The van der Waals surface area contributed by atoms with Gasteiger partial charge < -0.3 is 104 Å². The number of aliphatic hydroxyl groups is 4. The molecule has 12 N–H and O–H groups in total. The largest absolute Gasteiger partial charge is 0.456 e. The Kier molecular flexibility index (Phi) is 36.6. The van der Waals surface area contributed by atoms with Crippen molar-refractivity contribution in [2.24, 2.45) is 17.2 Å².